The zero-order valence-corrected chi connectivity index (χ0v) is 14.6. The first kappa shape index (κ1) is 17.6. The number of aryl methyl sites for hydroxylation is 3. The number of amides is 1. The maximum atomic E-state index is 12.6. The Morgan fingerprint density at radius 1 is 1.40 bits per heavy atom. The lowest BCUT2D eigenvalue weighted by Gasteiger charge is -2.20. The first-order valence-electron chi connectivity index (χ1n) is 8.54. The quantitative estimate of drug-likeness (QED) is 0.831. The Kier molecular flexibility index (Phi) is 5.19. The van der Waals surface area contributed by atoms with Crippen molar-refractivity contribution in [2.45, 2.75) is 52.3 Å². The summed E-state index contributed by atoms with van der Waals surface area (Å²) < 4.78 is 6.96. The normalized spacial score (nSPS) is 15.8. The van der Waals surface area contributed by atoms with Gasteiger partial charge in [-0.2, -0.15) is 5.10 Å². The first-order chi connectivity index (χ1) is 12.0. The van der Waals surface area contributed by atoms with E-state index in [4.69, 9.17) is 9.63 Å². The molecule has 1 atom stereocenters. The van der Waals surface area contributed by atoms with Gasteiger partial charge in [-0.25, -0.2) is 0 Å². The lowest BCUT2D eigenvalue weighted by molar-refractivity contribution is -0.131. The number of hydrogen-bond donors (Lipinski definition) is 2. The van der Waals surface area contributed by atoms with Gasteiger partial charge in [0, 0.05) is 25.1 Å². The average molecular weight is 348 g/mol. The molecule has 0 aliphatic carbocycles. The molecule has 2 aromatic rings. The van der Waals surface area contributed by atoms with Crippen LogP contribution >= 0.6 is 0 Å². The van der Waals surface area contributed by atoms with Crippen molar-refractivity contribution in [3.8, 4) is 0 Å². The fraction of sp³-hybridized carbons (Fsp3) is 0.588. The van der Waals surface area contributed by atoms with Crippen molar-refractivity contribution in [3.05, 3.63) is 34.5 Å². The minimum Gasteiger partial charge on any atom is -0.393 e. The molecule has 8 heteroatoms. The Morgan fingerprint density at radius 3 is 2.88 bits per heavy atom. The second-order valence-corrected chi connectivity index (χ2v) is 6.45. The number of hydrogen-bond acceptors (Lipinski definition) is 6. The van der Waals surface area contributed by atoms with Crippen LogP contribution in [0.5, 0.6) is 0 Å². The highest BCUT2D eigenvalue weighted by Crippen LogP contribution is 2.20. The molecule has 25 heavy (non-hydrogen) atoms. The van der Waals surface area contributed by atoms with Crippen LogP contribution in [0.1, 0.15) is 47.4 Å². The van der Waals surface area contributed by atoms with Crippen molar-refractivity contribution < 1.29 is 19.5 Å². The van der Waals surface area contributed by atoms with Gasteiger partial charge in [0.15, 0.2) is 0 Å². The van der Waals surface area contributed by atoms with Crippen LogP contribution in [0.4, 0.5) is 0 Å². The van der Waals surface area contributed by atoms with E-state index in [1.807, 2.05) is 23.4 Å². The van der Waals surface area contributed by atoms with Crippen molar-refractivity contribution in [3.63, 3.8) is 0 Å². The van der Waals surface area contributed by atoms with E-state index in [1.165, 1.54) is 0 Å². The molecule has 1 aliphatic heterocycles. The number of aromatic nitrogens is 3. The van der Waals surface area contributed by atoms with Gasteiger partial charge in [-0.15, -0.1) is 0 Å². The molecular formula is C17H24N4O4. The predicted molar refractivity (Wildman–Crippen MR) is 88.6 cm³/mol. The van der Waals surface area contributed by atoms with Crippen LogP contribution in [0.3, 0.4) is 0 Å². The van der Waals surface area contributed by atoms with Crippen LogP contribution in [0.15, 0.2) is 10.6 Å². The van der Waals surface area contributed by atoms with Crippen LogP contribution in [-0.2, 0) is 24.3 Å². The minimum atomic E-state index is -0.983. The standard InChI is InChI=1S/C17H24N4O4/c1-11-14(12(2)25-19-11)4-5-17(24)20-6-3-7-21-13(9-20)8-15(18-21)16(23)10-22/h8,16,22-23H,3-7,9-10H2,1-2H3/t16-/m0/s1. The molecule has 3 rings (SSSR count). The Bertz CT molecular complexity index is 732. The third-order valence-corrected chi connectivity index (χ3v) is 4.67. The second-order valence-electron chi connectivity index (χ2n) is 6.45. The number of fused-ring (bicyclic) bond motifs is 1. The van der Waals surface area contributed by atoms with Gasteiger partial charge >= 0.3 is 0 Å². The number of carbonyl (C=O) groups excluding carboxylic acids is 1. The lowest BCUT2D eigenvalue weighted by Crippen LogP contribution is -2.30. The first-order valence-corrected chi connectivity index (χ1v) is 8.54. The van der Waals surface area contributed by atoms with Crippen molar-refractivity contribution >= 4 is 5.91 Å². The number of aliphatic hydroxyl groups excluding tert-OH is 2. The largest absolute Gasteiger partial charge is 0.393 e. The van der Waals surface area contributed by atoms with Crippen LogP contribution in [0.2, 0.25) is 0 Å². The third kappa shape index (κ3) is 3.74. The Labute approximate surface area is 146 Å². The highest BCUT2D eigenvalue weighted by Gasteiger charge is 2.22. The molecule has 0 unspecified atom stereocenters. The van der Waals surface area contributed by atoms with E-state index in [2.05, 4.69) is 10.3 Å². The van der Waals surface area contributed by atoms with Gasteiger partial charge < -0.3 is 19.6 Å². The highest BCUT2D eigenvalue weighted by atomic mass is 16.5. The molecule has 0 radical (unpaired) electrons. The van der Waals surface area contributed by atoms with Gasteiger partial charge in [0.2, 0.25) is 5.91 Å². The average Bonchev–Trinajstić information content (AvgIpc) is 3.08. The summed E-state index contributed by atoms with van der Waals surface area (Å²) in [5, 5.41) is 27.1. The van der Waals surface area contributed by atoms with Crippen molar-refractivity contribution in [2.24, 2.45) is 0 Å². The number of nitrogens with zero attached hydrogens (tertiary/aromatic N) is 4. The molecule has 2 aromatic heterocycles. The molecule has 0 spiro atoms. The van der Waals surface area contributed by atoms with Crippen LogP contribution in [0.25, 0.3) is 0 Å². The molecule has 8 nitrogen and oxygen atoms in total. The van der Waals surface area contributed by atoms with Gasteiger partial charge in [0.25, 0.3) is 0 Å². The molecule has 1 aliphatic rings. The van der Waals surface area contributed by atoms with Gasteiger partial charge in [-0.1, -0.05) is 5.16 Å². The van der Waals surface area contributed by atoms with Crippen LogP contribution in [0, 0.1) is 13.8 Å². The van der Waals surface area contributed by atoms with E-state index in [0.717, 1.165) is 29.1 Å². The summed E-state index contributed by atoms with van der Waals surface area (Å²) in [5.74, 6) is 0.848. The molecular weight excluding hydrogens is 324 g/mol. The Hall–Kier alpha value is -2.19. The van der Waals surface area contributed by atoms with Crippen molar-refractivity contribution in [2.75, 3.05) is 13.2 Å². The summed E-state index contributed by atoms with van der Waals surface area (Å²) in [7, 11) is 0. The minimum absolute atomic E-state index is 0.0823. The summed E-state index contributed by atoms with van der Waals surface area (Å²) in [6.45, 7) is 5.22. The molecule has 2 N–H and O–H groups in total. The second kappa shape index (κ2) is 7.37. The molecule has 136 valence electrons. The smallest absolute Gasteiger partial charge is 0.223 e. The van der Waals surface area contributed by atoms with Gasteiger partial charge in [0.1, 0.15) is 11.9 Å². The number of rotatable bonds is 5. The molecule has 0 aromatic carbocycles. The summed E-state index contributed by atoms with van der Waals surface area (Å²) in [6, 6.07) is 1.76. The summed E-state index contributed by atoms with van der Waals surface area (Å²) in [6.07, 6.45) is 0.844. The van der Waals surface area contributed by atoms with Crippen LogP contribution in [-0.4, -0.2) is 49.1 Å². The molecule has 0 saturated heterocycles. The maximum Gasteiger partial charge on any atom is 0.223 e. The van der Waals surface area contributed by atoms with E-state index in [9.17, 15) is 9.90 Å². The van der Waals surface area contributed by atoms with Crippen LogP contribution < -0.4 is 0 Å². The monoisotopic (exact) mass is 348 g/mol. The highest BCUT2D eigenvalue weighted by molar-refractivity contribution is 5.76. The fourth-order valence-electron chi connectivity index (χ4n) is 3.20. The van der Waals surface area contributed by atoms with E-state index >= 15 is 0 Å². The third-order valence-electron chi connectivity index (χ3n) is 4.67. The fourth-order valence-corrected chi connectivity index (χ4v) is 3.20. The molecule has 1 amide bonds. The van der Waals surface area contributed by atoms with E-state index in [1.54, 1.807) is 6.07 Å². The van der Waals surface area contributed by atoms with Gasteiger partial charge in [-0.3, -0.25) is 9.48 Å². The maximum absolute atomic E-state index is 12.6. The Morgan fingerprint density at radius 2 is 2.20 bits per heavy atom. The van der Waals surface area contributed by atoms with Gasteiger partial charge in [-0.05, 0) is 32.8 Å². The topological polar surface area (TPSA) is 105 Å². The molecule has 3 heterocycles. The Balaban J connectivity index is 1.66. The molecule has 0 fully saturated rings. The predicted octanol–water partition coefficient (Wildman–Crippen LogP) is 0.879. The zero-order chi connectivity index (χ0) is 18.0. The summed E-state index contributed by atoms with van der Waals surface area (Å²) in [5.41, 5.74) is 3.16. The summed E-state index contributed by atoms with van der Waals surface area (Å²) >= 11 is 0. The van der Waals surface area contributed by atoms with E-state index < -0.39 is 6.10 Å². The number of carbonyl (C=O) groups is 1. The lowest BCUT2D eigenvalue weighted by atomic mass is 10.1. The van der Waals surface area contributed by atoms with Crippen molar-refractivity contribution in [1.29, 1.82) is 0 Å². The summed E-state index contributed by atoms with van der Waals surface area (Å²) in [4.78, 5) is 14.5. The molecule has 0 bridgehead atoms. The zero-order valence-electron chi connectivity index (χ0n) is 14.6. The van der Waals surface area contributed by atoms with E-state index in [0.29, 0.717) is 38.2 Å². The SMILES string of the molecule is Cc1noc(C)c1CCC(=O)N1CCCn2nc([C@@H](O)CO)cc2C1. The number of aliphatic hydroxyl groups is 2. The van der Waals surface area contributed by atoms with Crippen molar-refractivity contribution in [1.82, 2.24) is 19.8 Å². The van der Waals surface area contributed by atoms with E-state index in [-0.39, 0.29) is 12.5 Å². The molecule has 0 saturated carbocycles. The van der Waals surface area contributed by atoms with Gasteiger partial charge in [0.05, 0.1) is 30.2 Å².